The molecule has 110 valence electrons. The molecule has 0 saturated carbocycles. The van der Waals surface area contributed by atoms with Crippen LogP contribution >= 0.6 is 0 Å². The second kappa shape index (κ2) is 6.07. The van der Waals surface area contributed by atoms with Crippen molar-refractivity contribution >= 4 is 11.9 Å². The summed E-state index contributed by atoms with van der Waals surface area (Å²) >= 11 is 0. The van der Waals surface area contributed by atoms with Gasteiger partial charge >= 0.3 is 5.97 Å². The highest BCUT2D eigenvalue weighted by Crippen LogP contribution is 2.21. The number of carbonyl (C=O) groups is 2. The second-order valence-electron chi connectivity index (χ2n) is 5.34. The van der Waals surface area contributed by atoms with Gasteiger partial charge in [0.25, 0.3) is 5.91 Å². The molecule has 0 bridgehead atoms. The number of hydrogen-bond acceptors (Lipinski definition) is 3. The van der Waals surface area contributed by atoms with Crippen molar-refractivity contribution < 1.29 is 14.7 Å². The van der Waals surface area contributed by atoms with Gasteiger partial charge < -0.3 is 10.0 Å². The van der Waals surface area contributed by atoms with Gasteiger partial charge in [-0.15, -0.1) is 0 Å². The van der Waals surface area contributed by atoms with Crippen LogP contribution in [-0.2, 0) is 11.3 Å². The molecule has 1 atom stereocenters. The predicted octanol–water partition coefficient (Wildman–Crippen LogP) is 1.54. The van der Waals surface area contributed by atoms with Crippen molar-refractivity contribution in [3.05, 3.63) is 17.5 Å². The summed E-state index contributed by atoms with van der Waals surface area (Å²) in [5.74, 6) is -0.773. The number of piperidine rings is 1. The highest BCUT2D eigenvalue weighted by Gasteiger charge is 2.27. The third-order valence-electron chi connectivity index (χ3n) is 3.69. The number of likely N-dealkylation sites (tertiary alicyclic amines) is 1. The van der Waals surface area contributed by atoms with Crippen LogP contribution in [0, 0.1) is 12.8 Å². The van der Waals surface area contributed by atoms with Crippen molar-refractivity contribution in [1.29, 1.82) is 0 Å². The average Bonchev–Trinajstić information content (AvgIpc) is 2.78. The number of aryl methyl sites for hydroxylation is 2. The van der Waals surface area contributed by atoms with E-state index in [-0.39, 0.29) is 18.2 Å². The monoisotopic (exact) mass is 279 g/mol. The van der Waals surface area contributed by atoms with E-state index in [1.54, 1.807) is 15.6 Å². The summed E-state index contributed by atoms with van der Waals surface area (Å²) in [6.45, 7) is 5.70. The molecule has 0 aromatic carbocycles. The van der Waals surface area contributed by atoms with Crippen molar-refractivity contribution in [2.24, 2.45) is 5.92 Å². The van der Waals surface area contributed by atoms with E-state index in [9.17, 15) is 9.59 Å². The molecule has 20 heavy (non-hydrogen) atoms. The molecule has 1 amide bonds. The summed E-state index contributed by atoms with van der Waals surface area (Å²) in [6, 6.07) is 1.80. The number of carboxylic acids is 1. The number of aliphatic carboxylic acids is 1. The molecule has 6 heteroatoms. The number of aromatic nitrogens is 2. The number of carbonyl (C=O) groups excluding carboxylic acids is 1. The minimum atomic E-state index is -0.793. The zero-order valence-corrected chi connectivity index (χ0v) is 12.0. The van der Waals surface area contributed by atoms with E-state index in [1.807, 2.05) is 13.8 Å². The first kappa shape index (κ1) is 14.6. The number of hydrogen-bond donors (Lipinski definition) is 1. The fourth-order valence-corrected chi connectivity index (χ4v) is 2.78. The Morgan fingerprint density at radius 2 is 2.25 bits per heavy atom. The maximum absolute atomic E-state index is 12.5. The van der Waals surface area contributed by atoms with Crippen molar-refractivity contribution in [2.75, 3.05) is 13.1 Å². The lowest BCUT2D eigenvalue weighted by Crippen LogP contribution is -2.41. The zero-order chi connectivity index (χ0) is 14.7. The normalized spacial score (nSPS) is 19.1. The molecular weight excluding hydrogens is 258 g/mol. The Bertz CT molecular complexity index is 510. The smallest absolute Gasteiger partial charge is 0.303 e. The first-order valence-electron chi connectivity index (χ1n) is 7.06. The zero-order valence-electron chi connectivity index (χ0n) is 12.0. The maximum Gasteiger partial charge on any atom is 0.303 e. The third-order valence-corrected chi connectivity index (χ3v) is 3.69. The van der Waals surface area contributed by atoms with Gasteiger partial charge in [0.05, 0.1) is 5.69 Å². The second-order valence-corrected chi connectivity index (χ2v) is 5.34. The molecule has 2 rings (SSSR count). The molecule has 1 fully saturated rings. The van der Waals surface area contributed by atoms with E-state index in [0.717, 1.165) is 18.5 Å². The predicted molar refractivity (Wildman–Crippen MR) is 73.5 cm³/mol. The Balaban J connectivity index is 2.10. The van der Waals surface area contributed by atoms with Crippen molar-refractivity contribution in [3.63, 3.8) is 0 Å². The Kier molecular flexibility index (Phi) is 4.42. The number of amides is 1. The fraction of sp³-hybridized carbons (Fsp3) is 0.643. The van der Waals surface area contributed by atoms with E-state index in [4.69, 9.17) is 5.11 Å². The van der Waals surface area contributed by atoms with Gasteiger partial charge in [-0.25, -0.2) is 0 Å². The third kappa shape index (κ3) is 3.18. The summed E-state index contributed by atoms with van der Waals surface area (Å²) < 4.78 is 1.71. The largest absolute Gasteiger partial charge is 0.481 e. The van der Waals surface area contributed by atoms with Gasteiger partial charge in [-0.05, 0) is 38.7 Å². The lowest BCUT2D eigenvalue weighted by Gasteiger charge is -2.32. The van der Waals surface area contributed by atoms with Crippen LogP contribution in [0.2, 0.25) is 0 Å². The molecule has 1 aromatic rings. The van der Waals surface area contributed by atoms with E-state index in [1.165, 1.54) is 0 Å². The van der Waals surface area contributed by atoms with Gasteiger partial charge in [0.2, 0.25) is 0 Å². The number of nitrogens with zero attached hydrogens (tertiary/aromatic N) is 3. The van der Waals surface area contributed by atoms with Gasteiger partial charge in [-0.2, -0.15) is 5.10 Å². The van der Waals surface area contributed by atoms with E-state index >= 15 is 0 Å². The Morgan fingerprint density at radius 3 is 2.90 bits per heavy atom. The number of carboxylic acid groups (broad SMARTS) is 1. The van der Waals surface area contributed by atoms with Crippen molar-refractivity contribution in [3.8, 4) is 0 Å². The van der Waals surface area contributed by atoms with Crippen LogP contribution in [0.15, 0.2) is 6.07 Å². The minimum absolute atomic E-state index is 0.0393. The molecule has 1 unspecified atom stereocenters. The molecule has 2 heterocycles. The first-order chi connectivity index (χ1) is 9.51. The van der Waals surface area contributed by atoms with Crippen LogP contribution < -0.4 is 0 Å². The van der Waals surface area contributed by atoms with E-state index < -0.39 is 5.97 Å². The average molecular weight is 279 g/mol. The number of rotatable bonds is 4. The SMILES string of the molecule is CCn1nc(C)cc1C(=O)N1CCCC(CC(=O)O)C1. The summed E-state index contributed by atoms with van der Waals surface area (Å²) in [7, 11) is 0. The van der Waals surface area contributed by atoms with Gasteiger partial charge in [-0.3, -0.25) is 14.3 Å². The molecule has 1 aliphatic rings. The van der Waals surface area contributed by atoms with Crippen LogP contribution in [0.3, 0.4) is 0 Å². The van der Waals surface area contributed by atoms with Gasteiger partial charge in [0.15, 0.2) is 0 Å². The van der Waals surface area contributed by atoms with E-state index in [0.29, 0.717) is 25.3 Å². The van der Waals surface area contributed by atoms with Crippen LogP contribution in [0.1, 0.15) is 42.4 Å². The summed E-state index contributed by atoms with van der Waals surface area (Å²) in [5.41, 5.74) is 1.43. The lowest BCUT2D eigenvalue weighted by atomic mass is 9.94. The topological polar surface area (TPSA) is 75.4 Å². The minimum Gasteiger partial charge on any atom is -0.481 e. The van der Waals surface area contributed by atoms with Gasteiger partial charge in [0.1, 0.15) is 5.69 Å². The van der Waals surface area contributed by atoms with Crippen molar-refractivity contribution in [1.82, 2.24) is 14.7 Å². The van der Waals surface area contributed by atoms with Crippen LogP contribution in [0.5, 0.6) is 0 Å². The highest BCUT2D eigenvalue weighted by atomic mass is 16.4. The summed E-state index contributed by atoms with van der Waals surface area (Å²) in [4.78, 5) is 25.1. The molecule has 0 spiro atoms. The van der Waals surface area contributed by atoms with Crippen LogP contribution in [0.4, 0.5) is 0 Å². The Hall–Kier alpha value is -1.85. The van der Waals surface area contributed by atoms with Crippen LogP contribution in [0.25, 0.3) is 0 Å². The maximum atomic E-state index is 12.5. The van der Waals surface area contributed by atoms with Crippen LogP contribution in [-0.4, -0.2) is 44.8 Å². The standard InChI is InChI=1S/C14H21N3O3/c1-3-17-12(7-10(2)15-17)14(20)16-6-4-5-11(9-16)8-13(18)19/h7,11H,3-6,8-9H2,1-2H3,(H,18,19). The fourth-order valence-electron chi connectivity index (χ4n) is 2.78. The Morgan fingerprint density at radius 1 is 1.50 bits per heavy atom. The quantitative estimate of drug-likeness (QED) is 0.907. The molecule has 1 saturated heterocycles. The molecule has 0 radical (unpaired) electrons. The highest BCUT2D eigenvalue weighted by molar-refractivity contribution is 5.92. The van der Waals surface area contributed by atoms with E-state index in [2.05, 4.69) is 5.10 Å². The summed E-state index contributed by atoms with van der Waals surface area (Å²) in [6.07, 6.45) is 1.88. The molecule has 6 nitrogen and oxygen atoms in total. The summed E-state index contributed by atoms with van der Waals surface area (Å²) in [5, 5.41) is 13.2. The molecular formula is C14H21N3O3. The molecule has 1 aromatic heterocycles. The molecule has 1 N–H and O–H groups in total. The van der Waals surface area contributed by atoms with Gasteiger partial charge in [-0.1, -0.05) is 0 Å². The molecule has 1 aliphatic heterocycles. The molecule has 0 aliphatic carbocycles. The lowest BCUT2D eigenvalue weighted by molar-refractivity contribution is -0.138. The first-order valence-corrected chi connectivity index (χ1v) is 7.06. The van der Waals surface area contributed by atoms with Gasteiger partial charge in [0, 0.05) is 26.1 Å². The Labute approximate surface area is 118 Å². The van der Waals surface area contributed by atoms with Crippen molar-refractivity contribution in [2.45, 2.75) is 39.7 Å².